The number of hydrogen-bond donors (Lipinski definition) is 1. The number of carbonyl (C=O) groups excluding carboxylic acids is 1. The van der Waals surface area contributed by atoms with Crippen LogP contribution in [0.25, 0.3) is 0 Å². The van der Waals surface area contributed by atoms with Crippen LogP contribution in [0.15, 0.2) is 23.3 Å². The van der Waals surface area contributed by atoms with Crippen LogP contribution in [0.1, 0.15) is 18.9 Å². The Morgan fingerprint density at radius 2 is 2.14 bits per heavy atom. The predicted octanol–water partition coefficient (Wildman–Crippen LogP) is 2.81. The number of benzene rings is 1. The van der Waals surface area contributed by atoms with Crippen LogP contribution in [0.4, 0.5) is 18.9 Å². The number of rotatable bonds is 5. The largest absolute Gasteiger partial charge is 0.573 e. The molecular weight excluding hydrogens is 303 g/mol. The Morgan fingerprint density at radius 1 is 1.45 bits per heavy atom. The van der Waals surface area contributed by atoms with Gasteiger partial charge >= 0.3 is 12.3 Å². The van der Waals surface area contributed by atoms with E-state index in [9.17, 15) is 18.0 Å². The summed E-state index contributed by atoms with van der Waals surface area (Å²) in [5.74, 6) is -1.34. The number of nitriles is 1. The number of hydrazone groups is 1. The van der Waals surface area contributed by atoms with Gasteiger partial charge in [0, 0.05) is 6.07 Å². The molecular formula is C13H12F3N3O3. The Balaban J connectivity index is 3.11. The van der Waals surface area contributed by atoms with Gasteiger partial charge in [-0.3, -0.25) is 5.43 Å². The van der Waals surface area contributed by atoms with Gasteiger partial charge in [0.2, 0.25) is 0 Å². The third kappa shape index (κ3) is 4.97. The normalized spacial score (nSPS) is 11.5. The number of anilines is 1. The van der Waals surface area contributed by atoms with E-state index in [0.29, 0.717) is 0 Å². The molecule has 1 aromatic rings. The van der Waals surface area contributed by atoms with E-state index in [-0.39, 0.29) is 23.4 Å². The molecule has 1 N–H and O–H groups in total. The summed E-state index contributed by atoms with van der Waals surface area (Å²) in [6.07, 6.45) is -4.71. The summed E-state index contributed by atoms with van der Waals surface area (Å²) in [5, 5.41) is 12.4. The maximum atomic E-state index is 12.4. The Morgan fingerprint density at radius 3 is 2.64 bits per heavy atom. The second-order valence-electron chi connectivity index (χ2n) is 3.89. The number of hydrogen-bond acceptors (Lipinski definition) is 6. The van der Waals surface area contributed by atoms with Crippen molar-refractivity contribution in [2.45, 2.75) is 19.7 Å². The molecule has 0 saturated carbocycles. The standard InChI is InChI=1S/C13H12F3N3O3/c1-3-9(12(20)21-2)18-19-10-5-4-8(7-17)6-11(10)22-13(14,15)16/h4-6,19H,3H2,1-2H3/b18-9-. The van der Waals surface area contributed by atoms with Crippen LogP contribution < -0.4 is 10.2 Å². The minimum atomic E-state index is -4.93. The molecule has 0 fully saturated rings. The van der Waals surface area contributed by atoms with Crippen molar-refractivity contribution in [3.05, 3.63) is 23.8 Å². The molecule has 0 atom stereocenters. The smallest absolute Gasteiger partial charge is 0.464 e. The van der Waals surface area contributed by atoms with E-state index >= 15 is 0 Å². The third-order valence-corrected chi connectivity index (χ3v) is 2.40. The number of methoxy groups -OCH3 is 1. The van der Waals surface area contributed by atoms with Crippen LogP contribution in [0.3, 0.4) is 0 Å². The zero-order valence-electron chi connectivity index (χ0n) is 11.7. The lowest BCUT2D eigenvalue weighted by atomic mass is 10.2. The van der Waals surface area contributed by atoms with Gasteiger partial charge in [-0.25, -0.2) is 4.79 Å². The highest BCUT2D eigenvalue weighted by Crippen LogP contribution is 2.31. The molecule has 0 saturated heterocycles. The van der Waals surface area contributed by atoms with Gasteiger partial charge in [-0.1, -0.05) is 6.92 Å². The Labute approximate surface area is 124 Å². The third-order valence-electron chi connectivity index (χ3n) is 2.40. The summed E-state index contributed by atoms with van der Waals surface area (Å²) in [4.78, 5) is 11.3. The van der Waals surface area contributed by atoms with Crippen LogP contribution in [0.2, 0.25) is 0 Å². The minimum Gasteiger partial charge on any atom is -0.464 e. The fourth-order valence-electron chi connectivity index (χ4n) is 1.41. The topological polar surface area (TPSA) is 83.7 Å². The summed E-state index contributed by atoms with van der Waals surface area (Å²) in [7, 11) is 1.16. The first-order chi connectivity index (χ1) is 10.3. The van der Waals surface area contributed by atoms with E-state index < -0.39 is 18.1 Å². The molecule has 1 rings (SSSR count). The van der Waals surface area contributed by atoms with Gasteiger partial charge in [0.05, 0.1) is 24.4 Å². The summed E-state index contributed by atoms with van der Waals surface area (Å²) < 4.78 is 45.4. The molecule has 0 unspecified atom stereocenters. The molecule has 0 radical (unpaired) electrons. The van der Waals surface area contributed by atoms with Crippen molar-refractivity contribution in [1.29, 1.82) is 5.26 Å². The van der Waals surface area contributed by atoms with Crippen molar-refractivity contribution in [2.24, 2.45) is 5.10 Å². The number of nitrogens with one attached hydrogen (secondary N) is 1. The van der Waals surface area contributed by atoms with Gasteiger partial charge in [0.1, 0.15) is 5.71 Å². The molecule has 9 heteroatoms. The van der Waals surface area contributed by atoms with Gasteiger partial charge in [-0.05, 0) is 18.6 Å². The molecule has 22 heavy (non-hydrogen) atoms. The zero-order chi connectivity index (χ0) is 16.8. The first-order valence-electron chi connectivity index (χ1n) is 6.01. The van der Waals surface area contributed by atoms with E-state index in [2.05, 4.69) is 20.0 Å². The fourth-order valence-corrected chi connectivity index (χ4v) is 1.41. The van der Waals surface area contributed by atoms with E-state index in [4.69, 9.17) is 5.26 Å². The average Bonchev–Trinajstić information content (AvgIpc) is 2.47. The minimum absolute atomic E-state index is 0.00943. The van der Waals surface area contributed by atoms with E-state index in [1.165, 1.54) is 12.1 Å². The number of esters is 1. The van der Waals surface area contributed by atoms with E-state index in [1.807, 2.05) is 0 Å². The van der Waals surface area contributed by atoms with Crippen molar-refractivity contribution >= 4 is 17.4 Å². The molecule has 0 aromatic heterocycles. The Bertz CT molecular complexity index is 621. The first kappa shape index (κ1) is 17.3. The molecule has 0 aliphatic heterocycles. The highest BCUT2D eigenvalue weighted by Gasteiger charge is 2.32. The predicted molar refractivity (Wildman–Crippen MR) is 71.2 cm³/mol. The SMILES string of the molecule is CC/C(=N/Nc1ccc(C#N)cc1OC(F)(F)F)C(=O)OC. The lowest BCUT2D eigenvalue weighted by Crippen LogP contribution is -2.19. The second kappa shape index (κ2) is 7.31. The monoisotopic (exact) mass is 315 g/mol. The first-order valence-corrected chi connectivity index (χ1v) is 6.01. The van der Waals surface area contributed by atoms with Crippen molar-refractivity contribution < 1.29 is 27.4 Å². The van der Waals surface area contributed by atoms with Crippen LogP contribution in [-0.2, 0) is 9.53 Å². The van der Waals surface area contributed by atoms with Gasteiger partial charge < -0.3 is 9.47 Å². The maximum Gasteiger partial charge on any atom is 0.573 e. The average molecular weight is 315 g/mol. The number of halogens is 3. The molecule has 118 valence electrons. The van der Waals surface area contributed by atoms with E-state index in [1.54, 1.807) is 13.0 Å². The zero-order valence-corrected chi connectivity index (χ0v) is 11.7. The quantitative estimate of drug-likeness (QED) is 0.513. The molecule has 0 aliphatic rings. The van der Waals surface area contributed by atoms with Crippen LogP contribution >= 0.6 is 0 Å². The number of ether oxygens (including phenoxy) is 2. The highest BCUT2D eigenvalue weighted by molar-refractivity contribution is 6.36. The maximum absolute atomic E-state index is 12.4. The summed E-state index contributed by atoms with van der Waals surface area (Å²) in [6.45, 7) is 1.63. The molecule has 0 aliphatic carbocycles. The number of alkyl halides is 3. The van der Waals surface area contributed by atoms with Crippen molar-refractivity contribution in [3.8, 4) is 11.8 Å². The molecule has 0 bridgehead atoms. The summed E-state index contributed by atoms with van der Waals surface area (Å²) in [6, 6.07) is 5.08. The molecule has 0 heterocycles. The van der Waals surface area contributed by atoms with Crippen molar-refractivity contribution in [3.63, 3.8) is 0 Å². The second-order valence-corrected chi connectivity index (χ2v) is 3.89. The summed E-state index contributed by atoms with van der Waals surface area (Å²) >= 11 is 0. The summed E-state index contributed by atoms with van der Waals surface area (Å²) in [5.41, 5.74) is 2.13. The fraction of sp³-hybridized carbons (Fsp3) is 0.308. The molecule has 0 spiro atoms. The highest BCUT2D eigenvalue weighted by atomic mass is 19.4. The Kier molecular flexibility index (Phi) is 5.74. The van der Waals surface area contributed by atoms with Crippen molar-refractivity contribution in [2.75, 3.05) is 12.5 Å². The number of nitrogens with zero attached hydrogens (tertiary/aromatic N) is 2. The van der Waals surface area contributed by atoms with E-state index in [0.717, 1.165) is 13.2 Å². The lowest BCUT2D eigenvalue weighted by Gasteiger charge is -2.13. The lowest BCUT2D eigenvalue weighted by molar-refractivity contribution is -0.274. The van der Waals surface area contributed by atoms with Gasteiger partial charge in [-0.15, -0.1) is 13.2 Å². The number of carbonyl (C=O) groups is 1. The van der Waals surface area contributed by atoms with Crippen LogP contribution in [0.5, 0.6) is 5.75 Å². The van der Waals surface area contributed by atoms with Gasteiger partial charge in [0.15, 0.2) is 5.75 Å². The van der Waals surface area contributed by atoms with Crippen molar-refractivity contribution in [1.82, 2.24) is 0 Å². The van der Waals surface area contributed by atoms with Crippen LogP contribution in [-0.4, -0.2) is 25.2 Å². The van der Waals surface area contributed by atoms with Crippen LogP contribution in [0, 0.1) is 11.3 Å². The van der Waals surface area contributed by atoms with Gasteiger partial charge in [-0.2, -0.15) is 10.4 Å². The Hall–Kier alpha value is -2.76. The molecule has 0 amide bonds. The molecule has 1 aromatic carbocycles. The van der Waals surface area contributed by atoms with Gasteiger partial charge in [0.25, 0.3) is 0 Å². The molecule has 6 nitrogen and oxygen atoms in total.